The Morgan fingerprint density at radius 3 is 2.62 bits per heavy atom. The summed E-state index contributed by atoms with van der Waals surface area (Å²) in [7, 11) is 1.90. The Bertz CT molecular complexity index is 1120. The molecule has 3 heterocycles. The molecule has 0 atom stereocenters. The molecule has 168 valence electrons. The number of rotatable bonds is 6. The second kappa shape index (κ2) is 8.28. The lowest BCUT2D eigenvalue weighted by Gasteiger charge is -2.34. The van der Waals surface area contributed by atoms with Crippen molar-refractivity contribution in [2.45, 2.75) is 44.2 Å². The van der Waals surface area contributed by atoms with Gasteiger partial charge in [-0.2, -0.15) is 0 Å². The van der Waals surface area contributed by atoms with Gasteiger partial charge in [0, 0.05) is 32.1 Å². The maximum absolute atomic E-state index is 14.9. The highest BCUT2D eigenvalue weighted by atomic mass is 19.1. The van der Waals surface area contributed by atoms with E-state index in [4.69, 9.17) is 4.98 Å². The van der Waals surface area contributed by atoms with Gasteiger partial charge in [0.25, 0.3) is 0 Å². The zero-order valence-corrected chi connectivity index (χ0v) is 18.8. The van der Waals surface area contributed by atoms with Crippen LogP contribution in [0.3, 0.4) is 0 Å². The Balaban J connectivity index is 1.49. The highest BCUT2D eigenvalue weighted by molar-refractivity contribution is 5.91. The molecule has 3 aromatic rings. The van der Waals surface area contributed by atoms with Crippen LogP contribution in [0.25, 0.3) is 10.9 Å². The third-order valence-corrected chi connectivity index (χ3v) is 6.89. The molecule has 2 fully saturated rings. The van der Waals surface area contributed by atoms with Crippen LogP contribution in [0, 0.1) is 6.92 Å². The van der Waals surface area contributed by atoms with E-state index in [1.165, 1.54) is 11.1 Å². The predicted octanol–water partition coefficient (Wildman–Crippen LogP) is 4.10. The summed E-state index contributed by atoms with van der Waals surface area (Å²) < 4.78 is 14.9. The Kier molecular flexibility index (Phi) is 5.45. The maximum atomic E-state index is 14.9. The zero-order chi connectivity index (χ0) is 22.3. The fourth-order valence-corrected chi connectivity index (χ4v) is 4.70. The van der Waals surface area contributed by atoms with Crippen molar-refractivity contribution in [1.29, 1.82) is 0 Å². The van der Waals surface area contributed by atoms with Gasteiger partial charge in [-0.1, -0.05) is 24.3 Å². The van der Waals surface area contributed by atoms with Gasteiger partial charge >= 0.3 is 0 Å². The molecule has 32 heavy (non-hydrogen) atoms. The Hall–Kier alpha value is -2.80. The van der Waals surface area contributed by atoms with Gasteiger partial charge in [0.05, 0.1) is 18.3 Å². The first-order valence-electron chi connectivity index (χ1n) is 11.5. The van der Waals surface area contributed by atoms with E-state index in [2.05, 4.69) is 46.1 Å². The Morgan fingerprint density at radius 1 is 1.19 bits per heavy atom. The number of likely N-dealkylation sites (N-methyl/N-ethyl adjacent to an activating group) is 1. The van der Waals surface area contributed by atoms with Gasteiger partial charge < -0.3 is 14.9 Å². The molecule has 1 saturated carbocycles. The van der Waals surface area contributed by atoms with Gasteiger partial charge in [0.15, 0.2) is 11.5 Å². The monoisotopic (exact) mass is 435 g/mol. The van der Waals surface area contributed by atoms with Gasteiger partial charge in [-0.25, -0.2) is 19.3 Å². The minimum absolute atomic E-state index is 0.0509. The van der Waals surface area contributed by atoms with Crippen LogP contribution in [0.5, 0.6) is 0 Å². The van der Waals surface area contributed by atoms with Gasteiger partial charge in [0.1, 0.15) is 11.6 Å². The molecular weight excluding hydrogens is 405 g/mol. The molecule has 0 bridgehead atoms. The number of aromatic nitrogens is 3. The summed E-state index contributed by atoms with van der Waals surface area (Å²) in [6, 6.07) is 10.6. The normalized spacial score (nSPS) is 18.2. The summed E-state index contributed by atoms with van der Waals surface area (Å²) in [6.45, 7) is 4.46. The molecule has 5 rings (SSSR count). The number of hydrogen-bond acceptors (Lipinski definition) is 6. The molecule has 6 nitrogen and oxygen atoms in total. The van der Waals surface area contributed by atoms with Crippen molar-refractivity contribution in [1.82, 2.24) is 15.0 Å². The van der Waals surface area contributed by atoms with Gasteiger partial charge in [-0.3, -0.25) is 0 Å². The van der Waals surface area contributed by atoms with Crippen molar-refractivity contribution < 1.29 is 9.50 Å². The number of piperidine rings is 1. The van der Waals surface area contributed by atoms with Crippen LogP contribution in [0.15, 0.2) is 36.5 Å². The Labute approximate surface area is 188 Å². The third kappa shape index (κ3) is 3.90. The summed E-state index contributed by atoms with van der Waals surface area (Å²) in [5, 5.41) is 10.2. The lowest BCUT2D eigenvalue weighted by Crippen LogP contribution is -2.34. The van der Waals surface area contributed by atoms with E-state index in [0.717, 1.165) is 43.0 Å². The quantitative estimate of drug-likeness (QED) is 0.629. The third-order valence-electron chi connectivity index (χ3n) is 6.89. The predicted molar refractivity (Wildman–Crippen MR) is 125 cm³/mol. The van der Waals surface area contributed by atoms with E-state index in [9.17, 15) is 9.50 Å². The molecule has 1 N–H and O–H groups in total. The highest BCUT2D eigenvalue weighted by Gasteiger charge is 2.48. The van der Waals surface area contributed by atoms with Crippen LogP contribution in [0.1, 0.15) is 48.6 Å². The number of anilines is 2. The highest BCUT2D eigenvalue weighted by Crippen LogP contribution is 2.49. The molecule has 7 heteroatoms. The number of aryl methyl sites for hydroxylation is 1. The minimum Gasteiger partial charge on any atom is -0.395 e. The van der Waals surface area contributed by atoms with Crippen molar-refractivity contribution >= 4 is 22.5 Å². The number of fused-ring (bicyclic) bond motifs is 1. The number of benzene rings is 1. The molecule has 1 aliphatic heterocycles. The molecule has 0 unspecified atom stereocenters. The topological polar surface area (TPSA) is 65.4 Å². The second-order valence-electron chi connectivity index (χ2n) is 9.16. The molecule has 0 amide bonds. The number of halogens is 1. The van der Waals surface area contributed by atoms with Crippen molar-refractivity contribution in [2.24, 2.45) is 0 Å². The van der Waals surface area contributed by atoms with E-state index < -0.39 is 5.67 Å². The van der Waals surface area contributed by atoms with Crippen LogP contribution < -0.4 is 9.80 Å². The molecule has 2 aliphatic rings. The Morgan fingerprint density at radius 2 is 1.94 bits per heavy atom. The summed E-state index contributed by atoms with van der Waals surface area (Å²) in [5.41, 5.74) is 2.06. The number of hydrogen-bond donors (Lipinski definition) is 1. The summed E-state index contributed by atoms with van der Waals surface area (Å²) in [4.78, 5) is 18.0. The molecule has 0 radical (unpaired) electrons. The second-order valence-corrected chi connectivity index (χ2v) is 9.16. The van der Waals surface area contributed by atoms with Gasteiger partial charge in [-0.05, 0) is 55.7 Å². The first-order valence-corrected chi connectivity index (χ1v) is 11.5. The summed E-state index contributed by atoms with van der Waals surface area (Å²) in [6.07, 6.45) is 4.75. The number of aliphatic hydroxyl groups is 1. The van der Waals surface area contributed by atoms with Gasteiger partial charge in [-0.15, -0.1) is 0 Å². The molecule has 1 aromatic carbocycles. The van der Waals surface area contributed by atoms with Crippen LogP contribution >= 0.6 is 0 Å². The average Bonchev–Trinajstić information content (AvgIpc) is 3.57. The van der Waals surface area contributed by atoms with Crippen molar-refractivity contribution in [3.05, 3.63) is 53.5 Å². The van der Waals surface area contributed by atoms with Crippen LogP contribution in [-0.2, 0) is 5.67 Å². The molecule has 2 aromatic heterocycles. The van der Waals surface area contributed by atoms with Crippen molar-refractivity contribution in [3.63, 3.8) is 0 Å². The van der Waals surface area contributed by atoms with E-state index >= 15 is 0 Å². The molecule has 0 spiro atoms. The standard InChI is InChI=1S/C25H30FN5O/c1-17-5-3-4-6-19(17)18-7-11-31(12-8-18)23-20-15-22(30(2)13-14-32)27-16-21(20)28-24(29-23)25(26)9-10-25/h3-6,15-16,18,32H,7-14H2,1-2H3. The SMILES string of the molecule is Cc1ccccc1C1CCN(c2nc(C3(F)CC3)nc3cnc(N(C)CCO)cc23)CC1. The van der Waals surface area contributed by atoms with Crippen LogP contribution in [0.2, 0.25) is 0 Å². The summed E-state index contributed by atoms with van der Waals surface area (Å²) >= 11 is 0. The molecule has 1 saturated heterocycles. The van der Waals surface area contributed by atoms with E-state index in [-0.39, 0.29) is 6.61 Å². The first-order chi connectivity index (χ1) is 15.5. The van der Waals surface area contributed by atoms with E-state index in [1.54, 1.807) is 6.20 Å². The molecule has 1 aliphatic carbocycles. The number of aliphatic hydroxyl groups excluding tert-OH is 1. The minimum atomic E-state index is -1.39. The maximum Gasteiger partial charge on any atom is 0.170 e. The fourth-order valence-electron chi connectivity index (χ4n) is 4.70. The fraction of sp³-hybridized carbons (Fsp3) is 0.480. The average molecular weight is 436 g/mol. The van der Waals surface area contributed by atoms with Crippen LogP contribution in [0.4, 0.5) is 16.0 Å². The number of pyridine rings is 1. The molecular formula is C25H30FN5O. The van der Waals surface area contributed by atoms with Gasteiger partial charge in [0.2, 0.25) is 0 Å². The number of alkyl halides is 1. The lowest BCUT2D eigenvalue weighted by molar-refractivity contribution is 0.301. The smallest absolute Gasteiger partial charge is 0.170 e. The first kappa shape index (κ1) is 21.1. The largest absolute Gasteiger partial charge is 0.395 e. The van der Waals surface area contributed by atoms with Crippen molar-refractivity contribution in [2.75, 3.05) is 43.1 Å². The summed E-state index contributed by atoms with van der Waals surface area (Å²) in [5.74, 6) is 2.38. The van der Waals surface area contributed by atoms with Crippen LogP contribution in [-0.4, -0.2) is 53.3 Å². The number of nitrogens with zero attached hydrogens (tertiary/aromatic N) is 5. The lowest BCUT2D eigenvalue weighted by atomic mass is 9.87. The van der Waals surface area contributed by atoms with E-state index in [1.807, 2.05) is 18.0 Å². The zero-order valence-electron chi connectivity index (χ0n) is 18.8. The van der Waals surface area contributed by atoms with Crippen molar-refractivity contribution in [3.8, 4) is 0 Å². The van der Waals surface area contributed by atoms with E-state index in [0.29, 0.717) is 36.6 Å².